The highest BCUT2D eigenvalue weighted by molar-refractivity contribution is 5.88. The zero-order valence-corrected chi connectivity index (χ0v) is 17.8. The summed E-state index contributed by atoms with van der Waals surface area (Å²) in [6, 6.07) is 5.14. The van der Waals surface area contributed by atoms with Gasteiger partial charge in [0.25, 0.3) is 0 Å². The number of ether oxygens (including phenoxy) is 2. The van der Waals surface area contributed by atoms with Gasteiger partial charge in [0.1, 0.15) is 17.5 Å². The van der Waals surface area contributed by atoms with Gasteiger partial charge in [-0.15, -0.1) is 0 Å². The van der Waals surface area contributed by atoms with Crippen LogP contribution in [0.15, 0.2) is 18.2 Å². The van der Waals surface area contributed by atoms with E-state index < -0.39 is 11.9 Å². The van der Waals surface area contributed by atoms with E-state index in [1.807, 2.05) is 17.0 Å². The van der Waals surface area contributed by atoms with Gasteiger partial charge in [0.15, 0.2) is 0 Å². The minimum Gasteiger partial charge on any atom is -0.497 e. The minimum absolute atomic E-state index is 0.00637. The average Bonchev–Trinajstić information content (AvgIpc) is 3.27. The second-order valence-electron chi connectivity index (χ2n) is 7.97. The summed E-state index contributed by atoms with van der Waals surface area (Å²) < 4.78 is 10.6. The van der Waals surface area contributed by atoms with Gasteiger partial charge < -0.3 is 25.0 Å². The molecule has 3 amide bonds. The van der Waals surface area contributed by atoms with E-state index in [1.165, 1.54) is 0 Å². The molecule has 0 aliphatic carbocycles. The number of piperidine rings is 1. The molecule has 3 rings (SSSR count). The van der Waals surface area contributed by atoms with Crippen LogP contribution in [0.1, 0.15) is 37.7 Å². The maximum Gasteiger partial charge on any atom is 0.240 e. The summed E-state index contributed by atoms with van der Waals surface area (Å²) in [5, 5.41) is 0. The minimum atomic E-state index is -0.475. The number of carbonyl (C=O) groups excluding carboxylic acids is 3. The number of carbonyl (C=O) groups is 3. The second kappa shape index (κ2) is 9.82. The molecule has 0 spiro atoms. The van der Waals surface area contributed by atoms with Gasteiger partial charge in [-0.2, -0.15) is 0 Å². The SMILES string of the molecule is COc1cc(CCC(=O)N2CCC(C(=O)N3CCC[C@H]3C(N)=O)CC2)cc(OC)c1. The Kier molecular flexibility index (Phi) is 7.18. The van der Waals surface area contributed by atoms with E-state index in [1.54, 1.807) is 25.2 Å². The molecule has 8 nitrogen and oxygen atoms in total. The number of hydrogen-bond donors (Lipinski definition) is 1. The molecular formula is C22H31N3O5. The van der Waals surface area contributed by atoms with Crippen LogP contribution in [-0.2, 0) is 20.8 Å². The molecule has 8 heteroatoms. The summed E-state index contributed by atoms with van der Waals surface area (Å²) >= 11 is 0. The average molecular weight is 418 g/mol. The molecule has 2 saturated heterocycles. The van der Waals surface area contributed by atoms with E-state index in [0.29, 0.717) is 63.2 Å². The van der Waals surface area contributed by atoms with Crippen molar-refractivity contribution in [1.29, 1.82) is 0 Å². The summed E-state index contributed by atoms with van der Waals surface area (Å²) in [6.07, 6.45) is 3.70. The second-order valence-corrected chi connectivity index (χ2v) is 7.97. The highest BCUT2D eigenvalue weighted by atomic mass is 16.5. The molecule has 1 atom stereocenters. The smallest absolute Gasteiger partial charge is 0.240 e. The first kappa shape index (κ1) is 21.9. The van der Waals surface area contributed by atoms with Crippen molar-refractivity contribution in [3.05, 3.63) is 23.8 Å². The number of nitrogens with two attached hydrogens (primary N) is 1. The van der Waals surface area contributed by atoms with Gasteiger partial charge in [-0.25, -0.2) is 0 Å². The van der Waals surface area contributed by atoms with Gasteiger partial charge >= 0.3 is 0 Å². The number of methoxy groups -OCH3 is 2. The van der Waals surface area contributed by atoms with Crippen LogP contribution in [0.3, 0.4) is 0 Å². The number of amides is 3. The monoisotopic (exact) mass is 417 g/mol. The molecule has 164 valence electrons. The Morgan fingerprint density at radius 1 is 1.00 bits per heavy atom. The summed E-state index contributed by atoms with van der Waals surface area (Å²) in [5.41, 5.74) is 6.42. The van der Waals surface area contributed by atoms with Gasteiger partial charge in [0, 0.05) is 38.0 Å². The van der Waals surface area contributed by atoms with Crippen LogP contribution < -0.4 is 15.2 Å². The number of hydrogen-bond acceptors (Lipinski definition) is 5. The van der Waals surface area contributed by atoms with Gasteiger partial charge in [0.2, 0.25) is 17.7 Å². The lowest BCUT2D eigenvalue weighted by molar-refractivity contribution is -0.143. The lowest BCUT2D eigenvalue weighted by Crippen LogP contribution is -2.49. The van der Waals surface area contributed by atoms with Crippen molar-refractivity contribution in [2.45, 2.75) is 44.6 Å². The molecule has 2 N–H and O–H groups in total. The van der Waals surface area contributed by atoms with Crippen LogP contribution in [0.5, 0.6) is 11.5 Å². The zero-order chi connectivity index (χ0) is 21.7. The first-order valence-corrected chi connectivity index (χ1v) is 10.5. The topological polar surface area (TPSA) is 102 Å². The Morgan fingerprint density at radius 3 is 2.20 bits per heavy atom. The van der Waals surface area contributed by atoms with Gasteiger partial charge in [-0.1, -0.05) is 0 Å². The van der Waals surface area contributed by atoms with Crippen LogP contribution in [0, 0.1) is 5.92 Å². The van der Waals surface area contributed by atoms with Crippen molar-refractivity contribution in [2.24, 2.45) is 11.7 Å². The van der Waals surface area contributed by atoms with Crippen molar-refractivity contribution in [3.8, 4) is 11.5 Å². The number of aryl methyl sites for hydroxylation is 1. The molecule has 2 heterocycles. The molecule has 1 aromatic carbocycles. The number of primary amides is 1. The Labute approximate surface area is 177 Å². The van der Waals surface area contributed by atoms with Crippen LogP contribution >= 0.6 is 0 Å². The highest BCUT2D eigenvalue weighted by Crippen LogP contribution is 2.26. The quantitative estimate of drug-likeness (QED) is 0.722. The van der Waals surface area contributed by atoms with E-state index in [9.17, 15) is 14.4 Å². The van der Waals surface area contributed by atoms with Crippen molar-refractivity contribution in [1.82, 2.24) is 9.80 Å². The Hall–Kier alpha value is -2.77. The molecule has 30 heavy (non-hydrogen) atoms. The molecule has 2 fully saturated rings. The molecule has 0 unspecified atom stereocenters. The standard InChI is InChI=1S/C22H31N3O5/c1-29-17-12-15(13-18(14-17)30-2)5-6-20(26)24-10-7-16(8-11-24)22(28)25-9-3-4-19(25)21(23)27/h12-14,16,19H,3-11H2,1-2H3,(H2,23,27)/t19-/m0/s1. The molecule has 0 radical (unpaired) electrons. The van der Waals surface area contributed by atoms with E-state index in [-0.39, 0.29) is 17.7 Å². The van der Waals surface area contributed by atoms with Crippen molar-refractivity contribution >= 4 is 17.7 Å². The third-order valence-corrected chi connectivity index (χ3v) is 6.10. The fourth-order valence-corrected chi connectivity index (χ4v) is 4.36. The maximum atomic E-state index is 12.8. The molecule has 2 aliphatic heterocycles. The lowest BCUT2D eigenvalue weighted by atomic mass is 9.94. The fourth-order valence-electron chi connectivity index (χ4n) is 4.36. The predicted molar refractivity (Wildman–Crippen MR) is 111 cm³/mol. The molecule has 2 aliphatic rings. The van der Waals surface area contributed by atoms with Gasteiger partial charge in [-0.05, 0) is 49.8 Å². The summed E-state index contributed by atoms with van der Waals surface area (Å²) in [5.74, 6) is 0.921. The van der Waals surface area contributed by atoms with Crippen LogP contribution in [0.4, 0.5) is 0 Å². The number of rotatable bonds is 7. The van der Waals surface area contributed by atoms with Crippen LogP contribution in [0.25, 0.3) is 0 Å². The Balaban J connectivity index is 1.50. The van der Waals surface area contributed by atoms with Crippen molar-refractivity contribution < 1.29 is 23.9 Å². The van der Waals surface area contributed by atoms with Crippen LogP contribution in [-0.4, -0.2) is 67.4 Å². The highest BCUT2D eigenvalue weighted by Gasteiger charge is 2.37. The molecule has 0 bridgehead atoms. The molecule has 0 aromatic heterocycles. The predicted octanol–water partition coefficient (Wildman–Crippen LogP) is 1.35. The summed E-state index contributed by atoms with van der Waals surface area (Å²) in [6.45, 7) is 1.72. The first-order valence-electron chi connectivity index (χ1n) is 10.5. The maximum absolute atomic E-state index is 12.8. The fraction of sp³-hybridized carbons (Fsp3) is 0.591. The van der Waals surface area contributed by atoms with Crippen molar-refractivity contribution in [2.75, 3.05) is 33.9 Å². The number of likely N-dealkylation sites (tertiary alicyclic amines) is 2. The lowest BCUT2D eigenvalue weighted by Gasteiger charge is -2.34. The van der Waals surface area contributed by atoms with E-state index >= 15 is 0 Å². The zero-order valence-electron chi connectivity index (χ0n) is 17.8. The largest absolute Gasteiger partial charge is 0.497 e. The van der Waals surface area contributed by atoms with Gasteiger partial charge in [-0.3, -0.25) is 14.4 Å². The van der Waals surface area contributed by atoms with Crippen LogP contribution in [0.2, 0.25) is 0 Å². The van der Waals surface area contributed by atoms with Crippen molar-refractivity contribution in [3.63, 3.8) is 0 Å². The normalized spacial score (nSPS) is 19.6. The number of nitrogens with zero attached hydrogens (tertiary/aromatic N) is 2. The first-order chi connectivity index (χ1) is 14.4. The molecular weight excluding hydrogens is 386 g/mol. The molecule has 0 saturated carbocycles. The van der Waals surface area contributed by atoms with Gasteiger partial charge in [0.05, 0.1) is 14.2 Å². The van der Waals surface area contributed by atoms with E-state index in [4.69, 9.17) is 15.2 Å². The Morgan fingerprint density at radius 2 is 1.63 bits per heavy atom. The summed E-state index contributed by atoms with van der Waals surface area (Å²) in [7, 11) is 3.20. The number of benzene rings is 1. The Bertz CT molecular complexity index is 767. The third kappa shape index (κ3) is 5.04. The van der Waals surface area contributed by atoms with E-state index in [0.717, 1.165) is 12.0 Å². The molecule has 1 aromatic rings. The third-order valence-electron chi connectivity index (χ3n) is 6.10. The van der Waals surface area contributed by atoms with E-state index in [2.05, 4.69) is 0 Å². The summed E-state index contributed by atoms with van der Waals surface area (Å²) in [4.78, 5) is 40.5.